The van der Waals surface area contributed by atoms with Gasteiger partial charge >= 0.3 is 0 Å². The van der Waals surface area contributed by atoms with Crippen LogP contribution in [0.15, 0.2) is 48.5 Å². The Morgan fingerprint density at radius 2 is 1.59 bits per heavy atom. The molecule has 0 N–H and O–H groups in total. The van der Waals surface area contributed by atoms with Crippen LogP contribution in [0.3, 0.4) is 0 Å². The van der Waals surface area contributed by atoms with E-state index in [1.54, 1.807) is 0 Å². The lowest BCUT2D eigenvalue weighted by Crippen LogP contribution is -2.09. The highest BCUT2D eigenvalue weighted by molar-refractivity contribution is 8.19. The van der Waals surface area contributed by atoms with Crippen molar-refractivity contribution in [3.8, 4) is 11.5 Å². The zero-order valence-electron chi connectivity index (χ0n) is 12.7. The van der Waals surface area contributed by atoms with Gasteiger partial charge in [-0.05, 0) is 36.2 Å². The second kappa shape index (κ2) is 7.84. The molecule has 1 aliphatic rings. The van der Waals surface area contributed by atoms with Crippen LogP contribution in [0.2, 0.25) is 0 Å². The first-order valence-corrected chi connectivity index (χ1v) is 9.57. The third-order valence-corrected chi connectivity index (χ3v) is 6.58. The van der Waals surface area contributed by atoms with Crippen molar-refractivity contribution >= 4 is 23.5 Å². The van der Waals surface area contributed by atoms with Gasteiger partial charge in [0.25, 0.3) is 0 Å². The monoisotopic (exact) mass is 332 g/mol. The standard InChI is InChI=1S/C18H20O2S2/c1-14-4-2-3-5-17(14)20-11-10-19-16-8-6-15(7-9-16)18-21-12-13-22-18/h2-9,18H,10-13H2,1H3. The minimum atomic E-state index is 0.556. The van der Waals surface area contributed by atoms with Gasteiger partial charge in [0.05, 0.1) is 4.58 Å². The van der Waals surface area contributed by atoms with Gasteiger partial charge in [-0.15, -0.1) is 23.5 Å². The van der Waals surface area contributed by atoms with Crippen molar-refractivity contribution in [2.75, 3.05) is 24.7 Å². The highest BCUT2D eigenvalue weighted by Crippen LogP contribution is 2.45. The first-order valence-electron chi connectivity index (χ1n) is 7.47. The Kier molecular flexibility index (Phi) is 5.57. The van der Waals surface area contributed by atoms with Crippen LogP contribution in [-0.2, 0) is 0 Å². The van der Waals surface area contributed by atoms with E-state index in [1.165, 1.54) is 17.1 Å². The average molecular weight is 332 g/mol. The molecular weight excluding hydrogens is 312 g/mol. The summed E-state index contributed by atoms with van der Waals surface area (Å²) >= 11 is 4.05. The fourth-order valence-electron chi connectivity index (χ4n) is 2.30. The van der Waals surface area contributed by atoms with Crippen LogP contribution >= 0.6 is 23.5 Å². The van der Waals surface area contributed by atoms with Gasteiger partial charge in [0, 0.05) is 11.5 Å². The maximum absolute atomic E-state index is 5.75. The molecule has 0 bridgehead atoms. The Balaban J connectivity index is 1.44. The normalized spacial score (nSPS) is 15.0. The van der Waals surface area contributed by atoms with Gasteiger partial charge in [-0.1, -0.05) is 30.3 Å². The molecule has 0 amide bonds. The molecule has 0 radical (unpaired) electrons. The molecule has 1 aliphatic heterocycles. The zero-order chi connectivity index (χ0) is 15.2. The van der Waals surface area contributed by atoms with E-state index >= 15 is 0 Å². The van der Waals surface area contributed by atoms with E-state index in [2.05, 4.69) is 24.3 Å². The Bertz CT molecular complexity index is 592. The van der Waals surface area contributed by atoms with Crippen LogP contribution in [0, 0.1) is 6.92 Å². The number of hydrogen-bond donors (Lipinski definition) is 0. The lowest BCUT2D eigenvalue weighted by atomic mass is 10.2. The molecular formula is C18H20O2S2. The van der Waals surface area contributed by atoms with Crippen LogP contribution in [0.1, 0.15) is 15.7 Å². The molecule has 0 spiro atoms. The first kappa shape index (κ1) is 15.6. The van der Waals surface area contributed by atoms with E-state index in [1.807, 2.05) is 54.7 Å². The lowest BCUT2D eigenvalue weighted by molar-refractivity contribution is 0.216. The molecule has 2 aromatic carbocycles. The van der Waals surface area contributed by atoms with Crippen molar-refractivity contribution in [1.82, 2.24) is 0 Å². The van der Waals surface area contributed by atoms with E-state index in [0.717, 1.165) is 17.1 Å². The predicted octanol–water partition coefficient (Wildman–Crippen LogP) is 4.93. The van der Waals surface area contributed by atoms with Crippen LogP contribution in [0.25, 0.3) is 0 Å². The van der Waals surface area contributed by atoms with Crippen LogP contribution < -0.4 is 9.47 Å². The number of rotatable bonds is 6. The second-order valence-corrected chi connectivity index (χ2v) is 7.83. The summed E-state index contributed by atoms with van der Waals surface area (Å²) in [5.74, 6) is 4.34. The van der Waals surface area contributed by atoms with E-state index in [9.17, 15) is 0 Å². The molecule has 0 aromatic heterocycles. The molecule has 1 fully saturated rings. The van der Waals surface area contributed by atoms with Gasteiger partial charge in [-0.2, -0.15) is 0 Å². The molecule has 4 heteroatoms. The summed E-state index contributed by atoms with van der Waals surface area (Å²) < 4.78 is 12.1. The Hall–Kier alpha value is -1.26. The summed E-state index contributed by atoms with van der Waals surface area (Å²) in [6.45, 7) is 3.16. The number of hydrogen-bond acceptors (Lipinski definition) is 4. The van der Waals surface area contributed by atoms with Crippen molar-refractivity contribution in [3.05, 3.63) is 59.7 Å². The van der Waals surface area contributed by atoms with Gasteiger partial charge in [-0.3, -0.25) is 0 Å². The van der Waals surface area contributed by atoms with Crippen LogP contribution in [0.4, 0.5) is 0 Å². The Morgan fingerprint density at radius 1 is 0.909 bits per heavy atom. The van der Waals surface area contributed by atoms with Gasteiger partial charge in [0.15, 0.2) is 0 Å². The van der Waals surface area contributed by atoms with Gasteiger partial charge < -0.3 is 9.47 Å². The molecule has 1 saturated heterocycles. The van der Waals surface area contributed by atoms with Crippen LogP contribution in [0.5, 0.6) is 11.5 Å². The van der Waals surface area contributed by atoms with Gasteiger partial charge in [-0.25, -0.2) is 0 Å². The van der Waals surface area contributed by atoms with E-state index in [-0.39, 0.29) is 0 Å². The molecule has 0 saturated carbocycles. The van der Waals surface area contributed by atoms with Crippen molar-refractivity contribution in [3.63, 3.8) is 0 Å². The molecule has 22 heavy (non-hydrogen) atoms. The molecule has 2 nitrogen and oxygen atoms in total. The van der Waals surface area contributed by atoms with Crippen LogP contribution in [-0.4, -0.2) is 24.7 Å². The molecule has 2 aromatic rings. The minimum absolute atomic E-state index is 0.556. The SMILES string of the molecule is Cc1ccccc1OCCOc1ccc(C2SCCS2)cc1. The van der Waals surface area contributed by atoms with E-state index in [4.69, 9.17) is 9.47 Å². The summed E-state index contributed by atoms with van der Waals surface area (Å²) in [7, 11) is 0. The molecule has 0 atom stereocenters. The van der Waals surface area contributed by atoms with Crippen molar-refractivity contribution in [2.24, 2.45) is 0 Å². The van der Waals surface area contributed by atoms with E-state index in [0.29, 0.717) is 17.8 Å². The molecule has 116 valence electrons. The molecule has 0 unspecified atom stereocenters. The molecule has 3 rings (SSSR count). The minimum Gasteiger partial charge on any atom is -0.490 e. The Labute approximate surface area is 140 Å². The van der Waals surface area contributed by atoms with Gasteiger partial charge in [0.1, 0.15) is 24.7 Å². The summed E-state index contributed by atoms with van der Waals surface area (Å²) in [5.41, 5.74) is 2.54. The number of benzene rings is 2. The number of para-hydroxylation sites is 1. The molecule has 1 heterocycles. The lowest BCUT2D eigenvalue weighted by Gasteiger charge is -2.11. The quantitative estimate of drug-likeness (QED) is 0.698. The summed E-state index contributed by atoms with van der Waals surface area (Å²) in [5, 5.41) is 0. The van der Waals surface area contributed by atoms with Crippen molar-refractivity contribution in [2.45, 2.75) is 11.5 Å². The number of ether oxygens (including phenoxy) is 2. The maximum Gasteiger partial charge on any atom is 0.122 e. The highest BCUT2D eigenvalue weighted by Gasteiger charge is 2.17. The average Bonchev–Trinajstić information content (AvgIpc) is 3.08. The first-order chi connectivity index (χ1) is 10.8. The largest absolute Gasteiger partial charge is 0.490 e. The fraction of sp³-hybridized carbons (Fsp3) is 0.333. The smallest absolute Gasteiger partial charge is 0.122 e. The van der Waals surface area contributed by atoms with Crippen molar-refractivity contribution in [1.29, 1.82) is 0 Å². The Morgan fingerprint density at radius 3 is 2.32 bits per heavy atom. The summed E-state index contributed by atoms with van der Waals surface area (Å²) in [6, 6.07) is 16.5. The number of aryl methyl sites for hydroxylation is 1. The maximum atomic E-state index is 5.75. The topological polar surface area (TPSA) is 18.5 Å². The predicted molar refractivity (Wildman–Crippen MR) is 96.3 cm³/mol. The fourth-order valence-corrected chi connectivity index (χ4v) is 5.16. The van der Waals surface area contributed by atoms with E-state index < -0.39 is 0 Å². The summed E-state index contributed by atoms with van der Waals surface area (Å²) in [4.78, 5) is 0. The van der Waals surface area contributed by atoms with Gasteiger partial charge in [0.2, 0.25) is 0 Å². The third kappa shape index (κ3) is 4.14. The third-order valence-electron chi connectivity index (χ3n) is 3.48. The zero-order valence-corrected chi connectivity index (χ0v) is 14.3. The summed E-state index contributed by atoms with van der Waals surface area (Å²) in [6.07, 6.45) is 0. The van der Waals surface area contributed by atoms with Crippen molar-refractivity contribution < 1.29 is 9.47 Å². The molecule has 0 aliphatic carbocycles. The second-order valence-electron chi connectivity index (χ2n) is 5.10. The number of thioether (sulfide) groups is 2. The highest BCUT2D eigenvalue weighted by atomic mass is 32.2.